The van der Waals surface area contributed by atoms with Gasteiger partial charge in [0.25, 0.3) is 0 Å². The first-order chi connectivity index (χ1) is 7.75. The normalized spacial score (nSPS) is 10.4. The van der Waals surface area contributed by atoms with Crippen molar-refractivity contribution < 1.29 is 4.39 Å². The van der Waals surface area contributed by atoms with Gasteiger partial charge < -0.3 is 0 Å². The van der Waals surface area contributed by atoms with E-state index in [0.717, 1.165) is 20.8 Å². The van der Waals surface area contributed by atoms with Crippen molar-refractivity contribution in [3.8, 4) is 0 Å². The Morgan fingerprint density at radius 3 is 2.88 bits per heavy atom. The summed E-state index contributed by atoms with van der Waals surface area (Å²) in [5.74, 6) is 0.500. The molecule has 2 aromatic rings. The lowest BCUT2D eigenvalue weighted by Gasteiger charge is -2.03. The van der Waals surface area contributed by atoms with Gasteiger partial charge in [-0.1, -0.05) is 22.0 Å². The zero-order chi connectivity index (χ0) is 11.4. The molecular formula is C11H8BrFN2S. The predicted octanol–water partition coefficient (Wildman–Crippen LogP) is 3.67. The molecule has 5 heteroatoms. The first-order valence-electron chi connectivity index (χ1n) is 4.58. The van der Waals surface area contributed by atoms with E-state index in [2.05, 4.69) is 25.9 Å². The Kier molecular flexibility index (Phi) is 3.90. The van der Waals surface area contributed by atoms with Gasteiger partial charge in [0.2, 0.25) is 0 Å². The third-order valence-electron chi connectivity index (χ3n) is 1.93. The molecule has 0 fully saturated rings. The van der Waals surface area contributed by atoms with Gasteiger partial charge in [-0.05, 0) is 17.7 Å². The molecule has 0 saturated carbocycles. The van der Waals surface area contributed by atoms with Crippen LogP contribution in [0.5, 0.6) is 0 Å². The Labute approximate surface area is 105 Å². The van der Waals surface area contributed by atoms with Gasteiger partial charge in [-0.15, -0.1) is 11.8 Å². The summed E-state index contributed by atoms with van der Waals surface area (Å²) in [5, 5.41) is 0.860. The molecule has 1 heterocycles. The molecule has 0 saturated heterocycles. The van der Waals surface area contributed by atoms with Crippen LogP contribution in [0, 0.1) is 5.82 Å². The minimum atomic E-state index is -0.236. The molecule has 2 nitrogen and oxygen atoms in total. The number of rotatable bonds is 3. The van der Waals surface area contributed by atoms with Crippen LogP contribution in [0.4, 0.5) is 4.39 Å². The largest absolute Gasteiger partial charge is 0.260 e. The Morgan fingerprint density at radius 1 is 1.31 bits per heavy atom. The number of nitrogens with zero attached hydrogens (tertiary/aromatic N) is 2. The topological polar surface area (TPSA) is 25.8 Å². The van der Waals surface area contributed by atoms with Crippen molar-refractivity contribution in [1.82, 2.24) is 9.97 Å². The molecule has 0 aliphatic rings. The predicted molar refractivity (Wildman–Crippen MR) is 65.7 cm³/mol. The molecule has 0 atom stereocenters. The fraction of sp³-hybridized carbons (Fsp3) is 0.0909. The Bertz CT molecular complexity index is 479. The molecule has 0 radical (unpaired) electrons. The maximum Gasteiger partial charge on any atom is 0.124 e. The molecule has 0 bridgehead atoms. The highest BCUT2D eigenvalue weighted by Gasteiger charge is 2.03. The van der Waals surface area contributed by atoms with Gasteiger partial charge in [0.1, 0.15) is 10.8 Å². The maximum atomic E-state index is 12.9. The van der Waals surface area contributed by atoms with Crippen molar-refractivity contribution >= 4 is 27.7 Å². The zero-order valence-electron chi connectivity index (χ0n) is 8.23. The van der Waals surface area contributed by atoms with Crippen LogP contribution in [-0.4, -0.2) is 9.97 Å². The average molecular weight is 299 g/mol. The van der Waals surface area contributed by atoms with E-state index < -0.39 is 0 Å². The highest BCUT2D eigenvalue weighted by molar-refractivity contribution is 9.10. The lowest BCUT2D eigenvalue weighted by atomic mass is 10.2. The molecule has 1 aromatic carbocycles. The van der Waals surface area contributed by atoms with Crippen molar-refractivity contribution in [2.75, 3.05) is 0 Å². The first-order valence-corrected chi connectivity index (χ1v) is 6.36. The SMILES string of the molecule is Fc1ccc(CSc2cnccn2)c(Br)c1. The standard InChI is InChI=1S/C11H8BrFN2S/c12-10-5-9(13)2-1-8(10)7-16-11-6-14-3-4-15-11/h1-6H,7H2. The summed E-state index contributed by atoms with van der Waals surface area (Å²) in [5.41, 5.74) is 1.04. The minimum Gasteiger partial charge on any atom is -0.260 e. The van der Waals surface area contributed by atoms with E-state index in [9.17, 15) is 4.39 Å². The molecule has 0 aliphatic carbocycles. The zero-order valence-corrected chi connectivity index (χ0v) is 10.6. The molecule has 82 valence electrons. The Balaban J connectivity index is 2.05. The summed E-state index contributed by atoms with van der Waals surface area (Å²) in [4.78, 5) is 8.13. The van der Waals surface area contributed by atoms with Gasteiger partial charge in [0.15, 0.2) is 0 Å². The molecular weight excluding hydrogens is 291 g/mol. The number of halogens is 2. The Hall–Kier alpha value is -0.940. The second-order valence-electron chi connectivity index (χ2n) is 3.07. The molecule has 2 rings (SSSR count). The van der Waals surface area contributed by atoms with Crippen LogP contribution >= 0.6 is 27.7 Å². The smallest absolute Gasteiger partial charge is 0.124 e. The van der Waals surface area contributed by atoms with Crippen LogP contribution in [-0.2, 0) is 5.75 Å². The van der Waals surface area contributed by atoms with Crippen molar-refractivity contribution in [1.29, 1.82) is 0 Å². The molecule has 0 spiro atoms. The molecule has 1 aromatic heterocycles. The third-order valence-corrected chi connectivity index (χ3v) is 3.63. The first kappa shape index (κ1) is 11.5. The van der Waals surface area contributed by atoms with Crippen LogP contribution in [0.15, 0.2) is 46.3 Å². The summed E-state index contributed by atoms with van der Waals surface area (Å²) >= 11 is 4.90. The second-order valence-corrected chi connectivity index (χ2v) is 4.92. The fourth-order valence-electron chi connectivity index (χ4n) is 1.15. The fourth-order valence-corrected chi connectivity index (χ4v) is 2.65. The summed E-state index contributed by atoms with van der Waals surface area (Å²) in [7, 11) is 0. The van der Waals surface area contributed by atoms with E-state index in [1.54, 1.807) is 36.4 Å². The van der Waals surface area contributed by atoms with Crippen LogP contribution in [0.25, 0.3) is 0 Å². The molecule has 16 heavy (non-hydrogen) atoms. The van der Waals surface area contributed by atoms with E-state index in [1.165, 1.54) is 12.1 Å². The number of benzene rings is 1. The van der Waals surface area contributed by atoms with Crippen molar-refractivity contribution in [3.63, 3.8) is 0 Å². The number of hydrogen-bond acceptors (Lipinski definition) is 3. The highest BCUT2D eigenvalue weighted by atomic mass is 79.9. The molecule has 0 unspecified atom stereocenters. The summed E-state index contributed by atoms with van der Waals surface area (Å²) in [6, 6.07) is 4.69. The molecule has 0 N–H and O–H groups in total. The van der Waals surface area contributed by atoms with E-state index in [4.69, 9.17) is 0 Å². The quantitative estimate of drug-likeness (QED) is 0.809. The monoisotopic (exact) mass is 298 g/mol. The summed E-state index contributed by atoms with van der Waals surface area (Å²) < 4.78 is 13.6. The number of thioether (sulfide) groups is 1. The summed E-state index contributed by atoms with van der Waals surface area (Å²) in [6.07, 6.45) is 5.00. The number of hydrogen-bond donors (Lipinski definition) is 0. The van der Waals surface area contributed by atoms with Gasteiger partial charge in [-0.2, -0.15) is 0 Å². The van der Waals surface area contributed by atoms with E-state index in [-0.39, 0.29) is 5.82 Å². The lowest BCUT2D eigenvalue weighted by molar-refractivity contribution is 0.626. The second kappa shape index (κ2) is 5.41. The Morgan fingerprint density at radius 2 is 2.19 bits per heavy atom. The van der Waals surface area contributed by atoms with Crippen LogP contribution < -0.4 is 0 Å². The average Bonchev–Trinajstić information content (AvgIpc) is 2.29. The van der Waals surface area contributed by atoms with E-state index in [0.29, 0.717) is 0 Å². The minimum absolute atomic E-state index is 0.236. The van der Waals surface area contributed by atoms with Crippen LogP contribution in [0.2, 0.25) is 0 Å². The summed E-state index contributed by atoms with van der Waals surface area (Å²) in [6.45, 7) is 0. The van der Waals surface area contributed by atoms with E-state index >= 15 is 0 Å². The highest BCUT2D eigenvalue weighted by Crippen LogP contribution is 2.25. The maximum absolute atomic E-state index is 12.9. The van der Waals surface area contributed by atoms with Crippen molar-refractivity contribution in [3.05, 3.63) is 52.6 Å². The third kappa shape index (κ3) is 3.02. The van der Waals surface area contributed by atoms with E-state index in [1.807, 2.05) is 0 Å². The van der Waals surface area contributed by atoms with Gasteiger partial charge in [-0.3, -0.25) is 4.98 Å². The van der Waals surface area contributed by atoms with Gasteiger partial charge in [0.05, 0.1) is 6.20 Å². The molecule has 0 amide bonds. The van der Waals surface area contributed by atoms with Crippen LogP contribution in [0.1, 0.15) is 5.56 Å². The van der Waals surface area contributed by atoms with Crippen LogP contribution in [0.3, 0.4) is 0 Å². The lowest BCUT2D eigenvalue weighted by Crippen LogP contribution is -1.86. The van der Waals surface area contributed by atoms with Crippen molar-refractivity contribution in [2.24, 2.45) is 0 Å². The van der Waals surface area contributed by atoms with Crippen molar-refractivity contribution in [2.45, 2.75) is 10.8 Å². The molecule has 0 aliphatic heterocycles. The van der Waals surface area contributed by atoms with Gasteiger partial charge in [-0.25, -0.2) is 9.37 Å². The van der Waals surface area contributed by atoms with Gasteiger partial charge in [0, 0.05) is 22.6 Å². The number of aromatic nitrogens is 2. The van der Waals surface area contributed by atoms with Gasteiger partial charge >= 0.3 is 0 Å².